The van der Waals surface area contributed by atoms with Gasteiger partial charge in [0.2, 0.25) is 0 Å². The quantitative estimate of drug-likeness (QED) is 0.187. The van der Waals surface area contributed by atoms with E-state index >= 15 is 0 Å². The lowest BCUT2D eigenvalue weighted by molar-refractivity contribution is 0.487. The number of rotatable bonds is 3. The number of fused-ring (bicyclic) bond motifs is 8. The molecule has 8 aromatic carbocycles. The summed E-state index contributed by atoms with van der Waals surface area (Å²) in [5.41, 5.74) is 10.7. The van der Waals surface area contributed by atoms with Crippen molar-refractivity contribution in [2.75, 3.05) is 0 Å². The molecule has 0 spiro atoms. The summed E-state index contributed by atoms with van der Waals surface area (Å²) in [5.74, 6) is 1.80. The second-order valence-corrected chi connectivity index (χ2v) is 14.0. The van der Waals surface area contributed by atoms with Gasteiger partial charge in [0, 0.05) is 47.6 Å². The Morgan fingerprint density at radius 1 is 0.388 bits per heavy atom. The molecular formula is C46H27NOS. The lowest BCUT2D eigenvalue weighted by atomic mass is 9.89. The molecule has 10 aromatic rings. The molecule has 0 amide bonds. The van der Waals surface area contributed by atoms with Gasteiger partial charge in [-0.2, -0.15) is 0 Å². The molecule has 0 bridgehead atoms. The molecule has 3 heteroatoms. The number of nitrogens with zero attached hydrogens (tertiary/aromatic N) is 1. The standard InChI is InChI=1S/C46H27NOS/c1-2-9-31(10-3-1)47-40-15-6-4-11-33(40)38-25-28(18-22-41(38)47)29-19-23-42-39(26-29)37-14-8-13-36-32(21-24-43(48-42)46(36)37)30-17-20-35-34-12-5-7-16-44(34)49-45(35)27-30/h1-27H. The lowest BCUT2D eigenvalue weighted by Gasteiger charge is -2.23. The van der Waals surface area contributed by atoms with Crippen LogP contribution in [-0.4, -0.2) is 4.57 Å². The average molecular weight is 642 g/mol. The second-order valence-electron chi connectivity index (χ2n) is 12.9. The molecule has 0 unspecified atom stereocenters. The van der Waals surface area contributed by atoms with Gasteiger partial charge in [-0.05, 0) is 93.9 Å². The number of benzene rings is 8. The first-order valence-electron chi connectivity index (χ1n) is 16.7. The lowest BCUT2D eigenvalue weighted by Crippen LogP contribution is -1.98. The molecule has 2 nitrogen and oxygen atoms in total. The Morgan fingerprint density at radius 3 is 2.04 bits per heavy atom. The van der Waals surface area contributed by atoms with E-state index in [0.29, 0.717) is 0 Å². The summed E-state index contributed by atoms with van der Waals surface area (Å²) in [7, 11) is 0. The topological polar surface area (TPSA) is 14.2 Å². The highest BCUT2D eigenvalue weighted by Crippen LogP contribution is 2.50. The van der Waals surface area contributed by atoms with E-state index in [0.717, 1.165) is 17.1 Å². The molecule has 0 saturated carbocycles. The summed E-state index contributed by atoms with van der Waals surface area (Å²) >= 11 is 1.86. The van der Waals surface area contributed by atoms with Gasteiger partial charge < -0.3 is 9.30 Å². The predicted octanol–water partition coefficient (Wildman–Crippen LogP) is 13.4. The van der Waals surface area contributed by atoms with Crippen LogP contribution in [0.5, 0.6) is 11.5 Å². The third-order valence-electron chi connectivity index (χ3n) is 10.2. The van der Waals surface area contributed by atoms with Crippen LogP contribution < -0.4 is 4.74 Å². The number of thiophene rings is 1. The largest absolute Gasteiger partial charge is 0.456 e. The highest BCUT2D eigenvalue weighted by atomic mass is 32.1. The maximum Gasteiger partial charge on any atom is 0.135 e. The minimum atomic E-state index is 0.893. The Hall–Kier alpha value is -6.16. The molecule has 1 aliphatic rings. The summed E-state index contributed by atoms with van der Waals surface area (Å²) in [5, 5.41) is 7.53. The zero-order valence-corrected chi connectivity index (χ0v) is 27.2. The van der Waals surface area contributed by atoms with Crippen molar-refractivity contribution in [3.8, 4) is 50.6 Å². The van der Waals surface area contributed by atoms with E-state index in [1.165, 1.54) is 86.3 Å². The van der Waals surface area contributed by atoms with Crippen LogP contribution in [-0.2, 0) is 0 Å². The maximum absolute atomic E-state index is 6.62. The van der Waals surface area contributed by atoms with Gasteiger partial charge in [0.1, 0.15) is 11.5 Å². The average Bonchev–Trinajstić information content (AvgIpc) is 3.70. The van der Waals surface area contributed by atoms with E-state index < -0.39 is 0 Å². The minimum Gasteiger partial charge on any atom is -0.456 e. The predicted molar refractivity (Wildman–Crippen MR) is 208 cm³/mol. The van der Waals surface area contributed by atoms with Gasteiger partial charge in [-0.3, -0.25) is 0 Å². The number of ether oxygens (including phenoxy) is 1. The number of hydrogen-bond donors (Lipinski definition) is 0. The summed E-state index contributed by atoms with van der Waals surface area (Å²) in [6, 6.07) is 59.4. The molecular weight excluding hydrogens is 615 g/mol. The van der Waals surface area contributed by atoms with Crippen molar-refractivity contribution in [1.82, 2.24) is 4.57 Å². The normalized spacial score (nSPS) is 12.2. The highest BCUT2D eigenvalue weighted by molar-refractivity contribution is 7.25. The zero-order valence-electron chi connectivity index (χ0n) is 26.4. The second kappa shape index (κ2) is 10.2. The van der Waals surface area contributed by atoms with Gasteiger partial charge in [-0.15, -0.1) is 11.3 Å². The smallest absolute Gasteiger partial charge is 0.135 e. The molecule has 228 valence electrons. The van der Waals surface area contributed by atoms with Crippen LogP contribution in [0.15, 0.2) is 164 Å². The summed E-state index contributed by atoms with van der Waals surface area (Å²) in [6.45, 7) is 0. The Morgan fingerprint density at radius 2 is 1.10 bits per heavy atom. The van der Waals surface area contributed by atoms with Crippen LogP contribution >= 0.6 is 11.3 Å². The number of aromatic nitrogens is 1. The molecule has 49 heavy (non-hydrogen) atoms. The van der Waals surface area contributed by atoms with Crippen LogP contribution in [0.25, 0.3) is 91.8 Å². The van der Waals surface area contributed by atoms with Gasteiger partial charge >= 0.3 is 0 Å². The molecule has 11 rings (SSSR count). The Bertz CT molecular complexity index is 2970. The van der Waals surface area contributed by atoms with Crippen molar-refractivity contribution in [3.05, 3.63) is 164 Å². The monoisotopic (exact) mass is 641 g/mol. The molecule has 1 aliphatic heterocycles. The van der Waals surface area contributed by atoms with E-state index in [4.69, 9.17) is 4.74 Å². The van der Waals surface area contributed by atoms with E-state index in [2.05, 4.69) is 168 Å². The third kappa shape index (κ3) is 3.94. The molecule has 0 aliphatic carbocycles. The third-order valence-corrected chi connectivity index (χ3v) is 11.3. The van der Waals surface area contributed by atoms with E-state index in [1.54, 1.807) is 0 Å². The molecule has 0 atom stereocenters. The Balaban J connectivity index is 1.06. The Labute approximate surface area is 286 Å². The van der Waals surface area contributed by atoms with Gasteiger partial charge in [-0.1, -0.05) is 103 Å². The van der Waals surface area contributed by atoms with Crippen LogP contribution in [0.3, 0.4) is 0 Å². The van der Waals surface area contributed by atoms with Crippen molar-refractivity contribution < 1.29 is 4.74 Å². The van der Waals surface area contributed by atoms with E-state index in [1.807, 2.05) is 11.3 Å². The molecule has 0 radical (unpaired) electrons. The van der Waals surface area contributed by atoms with Crippen LogP contribution in [0.4, 0.5) is 0 Å². The first-order chi connectivity index (χ1) is 24.3. The van der Waals surface area contributed by atoms with Gasteiger partial charge in [0.25, 0.3) is 0 Å². The number of hydrogen-bond acceptors (Lipinski definition) is 2. The van der Waals surface area contributed by atoms with Crippen LogP contribution in [0.2, 0.25) is 0 Å². The molecule has 3 heterocycles. The first kappa shape index (κ1) is 26.9. The van der Waals surface area contributed by atoms with Crippen molar-refractivity contribution in [2.45, 2.75) is 0 Å². The summed E-state index contributed by atoms with van der Waals surface area (Å²) in [6.07, 6.45) is 0. The fourth-order valence-corrected chi connectivity index (χ4v) is 9.11. The minimum absolute atomic E-state index is 0.893. The van der Waals surface area contributed by atoms with Crippen molar-refractivity contribution >= 4 is 64.1 Å². The van der Waals surface area contributed by atoms with Crippen LogP contribution in [0, 0.1) is 0 Å². The van der Waals surface area contributed by atoms with Gasteiger partial charge in [0.15, 0.2) is 0 Å². The van der Waals surface area contributed by atoms with E-state index in [-0.39, 0.29) is 0 Å². The number of para-hydroxylation sites is 2. The molecule has 0 saturated heterocycles. The molecule has 2 aromatic heterocycles. The Kier molecular flexibility index (Phi) is 5.57. The van der Waals surface area contributed by atoms with Crippen molar-refractivity contribution in [1.29, 1.82) is 0 Å². The van der Waals surface area contributed by atoms with Gasteiger partial charge in [0.05, 0.1) is 11.0 Å². The highest BCUT2D eigenvalue weighted by Gasteiger charge is 2.23. The summed E-state index contributed by atoms with van der Waals surface area (Å²) in [4.78, 5) is 0. The zero-order chi connectivity index (χ0) is 32.1. The van der Waals surface area contributed by atoms with Crippen molar-refractivity contribution in [3.63, 3.8) is 0 Å². The SMILES string of the molecule is c1ccc(-n2c3ccccc3c3cc(-c4ccc5c(c4)-c4cccc6c(-c7ccc8c(c7)sc7ccccc78)ccc(c46)O5)ccc32)cc1. The maximum atomic E-state index is 6.62. The van der Waals surface area contributed by atoms with Crippen LogP contribution in [0.1, 0.15) is 0 Å². The fourth-order valence-electron chi connectivity index (χ4n) is 7.96. The van der Waals surface area contributed by atoms with Crippen molar-refractivity contribution in [2.24, 2.45) is 0 Å². The first-order valence-corrected chi connectivity index (χ1v) is 17.5. The molecule has 0 fully saturated rings. The molecule has 0 N–H and O–H groups in total. The van der Waals surface area contributed by atoms with Gasteiger partial charge in [-0.25, -0.2) is 0 Å². The summed E-state index contributed by atoms with van der Waals surface area (Å²) < 4.78 is 11.6. The fraction of sp³-hybridized carbons (Fsp3) is 0. The van der Waals surface area contributed by atoms with E-state index in [9.17, 15) is 0 Å².